The van der Waals surface area contributed by atoms with E-state index in [0.717, 1.165) is 30.8 Å². The van der Waals surface area contributed by atoms with Gasteiger partial charge in [0.15, 0.2) is 6.61 Å². The summed E-state index contributed by atoms with van der Waals surface area (Å²) in [6.07, 6.45) is 4.58. The second-order valence-electron chi connectivity index (χ2n) is 7.77. The highest BCUT2D eigenvalue weighted by Crippen LogP contribution is 2.56. The molecule has 0 bridgehead atoms. The number of fused-ring (bicyclic) bond motifs is 1. The van der Waals surface area contributed by atoms with Gasteiger partial charge in [-0.1, -0.05) is 36.2 Å². The Labute approximate surface area is 165 Å². The average Bonchev–Trinajstić information content (AvgIpc) is 2.62. The summed E-state index contributed by atoms with van der Waals surface area (Å²) < 4.78 is 5.59. The van der Waals surface area contributed by atoms with Crippen LogP contribution in [0.1, 0.15) is 42.0 Å². The molecule has 1 unspecified atom stereocenters. The number of hydrogen-bond acceptors (Lipinski definition) is 3. The highest BCUT2D eigenvalue weighted by molar-refractivity contribution is 6.30. The average molecular weight is 385 g/mol. The molecule has 1 aliphatic heterocycles. The van der Waals surface area contributed by atoms with Gasteiger partial charge >= 0.3 is 0 Å². The quantitative estimate of drug-likeness (QED) is 0.851. The summed E-state index contributed by atoms with van der Waals surface area (Å²) in [5.41, 5.74) is 9.35. The van der Waals surface area contributed by atoms with Gasteiger partial charge < -0.3 is 10.5 Å². The predicted molar refractivity (Wildman–Crippen MR) is 107 cm³/mol. The number of carbonyl (C=O) groups is 1. The molecule has 1 aliphatic carbocycles. The molecular weight excluding hydrogens is 360 g/mol. The molecule has 2 aromatic rings. The van der Waals surface area contributed by atoms with E-state index in [4.69, 9.17) is 22.1 Å². The molecule has 2 aliphatic rings. The minimum Gasteiger partial charge on any atom is -0.484 e. The smallest absolute Gasteiger partial charge is 0.255 e. The van der Waals surface area contributed by atoms with Crippen LogP contribution in [0.25, 0.3) is 0 Å². The molecule has 4 rings (SSSR count). The van der Waals surface area contributed by atoms with Gasteiger partial charge in [-0.25, -0.2) is 0 Å². The van der Waals surface area contributed by atoms with Crippen LogP contribution >= 0.6 is 11.6 Å². The maximum Gasteiger partial charge on any atom is 0.255 e. The largest absolute Gasteiger partial charge is 0.484 e. The summed E-state index contributed by atoms with van der Waals surface area (Å²) in [7, 11) is 2.21. The van der Waals surface area contributed by atoms with Gasteiger partial charge in [0.2, 0.25) is 0 Å². The molecule has 2 N–H and O–H groups in total. The maximum atomic E-state index is 11.1. The van der Waals surface area contributed by atoms with Gasteiger partial charge in [0.1, 0.15) is 5.75 Å². The summed E-state index contributed by atoms with van der Waals surface area (Å²) in [6, 6.07) is 14.8. The molecule has 1 atom stereocenters. The Balaban J connectivity index is 1.75. The second kappa shape index (κ2) is 7.17. The van der Waals surface area contributed by atoms with Gasteiger partial charge in [-0.15, -0.1) is 0 Å². The van der Waals surface area contributed by atoms with Crippen molar-refractivity contribution in [3.8, 4) is 5.75 Å². The molecule has 5 heteroatoms. The van der Waals surface area contributed by atoms with Crippen molar-refractivity contribution < 1.29 is 9.53 Å². The van der Waals surface area contributed by atoms with Gasteiger partial charge in [0.25, 0.3) is 5.91 Å². The van der Waals surface area contributed by atoms with Crippen LogP contribution in [0.3, 0.4) is 0 Å². The predicted octanol–water partition coefficient (Wildman–Crippen LogP) is 3.86. The van der Waals surface area contributed by atoms with E-state index in [9.17, 15) is 4.79 Å². The van der Waals surface area contributed by atoms with Crippen LogP contribution in [0.4, 0.5) is 0 Å². The molecule has 1 saturated carbocycles. The SMILES string of the molecule is CN1CCc2ccc(OCC(N)=O)cc2C1C1(c2ccc(Cl)cc2)CCC1. The lowest BCUT2D eigenvalue weighted by Crippen LogP contribution is -2.49. The van der Waals surface area contributed by atoms with Crippen molar-refractivity contribution in [2.75, 3.05) is 20.2 Å². The number of benzene rings is 2. The van der Waals surface area contributed by atoms with Crippen LogP contribution in [-0.2, 0) is 16.6 Å². The molecule has 4 nitrogen and oxygen atoms in total. The molecule has 0 aromatic heterocycles. The van der Waals surface area contributed by atoms with E-state index in [1.165, 1.54) is 23.1 Å². The van der Waals surface area contributed by atoms with Gasteiger partial charge in [0.05, 0.1) is 0 Å². The summed E-state index contributed by atoms with van der Waals surface area (Å²) in [4.78, 5) is 13.5. The number of ether oxygens (including phenoxy) is 1. The Hall–Kier alpha value is -2.04. The molecule has 0 radical (unpaired) electrons. The number of halogens is 1. The lowest BCUT2D eigenvalue weighted by molar-refractivity contribution is -0.119. The number of primary amides is 1. The molecule has 1 heterocycles. The molecule has 1 amide bonds. The first kappa shape index (κ1) is 18.3. The van der Waals surface area contributed by atoms with Crippen LogP contribution in [0.15, 0.2) is 42.5 Å². The summed E-state index contributed by atoms with van der Waals surface area (Å²) >= 11 is 6.13. The zero-order valence-corrected chi connectivity index (χ0v) is 16.3. The van der Waals surface area contributed by atoms with Gasteiger partial charge in [0, 0.05) is 23.0 Å². The number of nitrogens with two attached hydrogens (primary N) is 1. The van der Waals surface area contributed by atoms with Crippen molar-refractivity contribution in [2.45, 2.75) is 37.1 Å². The van der Waals surface area contributed by atoms with E-state index in [-0.39, 0.29) is 18.1 Å². The lowest BCUT2D eigenvalue weighted by Gasteiger charge is -2.53. The van der Waals surface area contributed by atoms with Crippen molar-refractivity contribution >= 4 is 17.5 Å². The number of nitrogens with zero attached hydrogens (tertiary/aromatic N) is 1. The van der Waals surface area contributed by atoms with E-state index in [1.807, 2.05) is 18.2 Å². The van der Waals surface area contributed by atoms with Crippen LogP contribution < -0.4 is 10.5 Å². The first-order valence-electron chi connectivity index (χ1n) is 9.50. The van der Waals surface area contributed by atoms with E-state index in [1.54, 1.807) is 0 Å². The standard InChI is InChI=1S/C22H25ClN2O2/c1-25-12-9-15-3-8-18(27-14-20(24)26)13-19(15)21(25)22(10-2-11-22)16-4-6-17(23)7-5-16/h3-8,13,21H,2,9-12,14H2,1H3,(H2,24,26). The Kier molecular flexibility index (Phi) is 4.87. The molecule has 1 fully saturated rings. The minimum absolute atomic E-state index is 0.0941. The van der Waals surface area contributed by atoms with Crippen LogP contribution in [0.2, 0.25) is 5.02 Å². The number of hydrogen-bond donors (Lipinski definition) is 1. The Bertz CT molecular complexity index is 846. The Morgan fingerprint density at radius 1 is 1.26 bits per heavy atom. The number of amides is 1. The summed E-state index contributed by atoms with van der Waals surface area (Å²) in [5.74, 6) is 0.247. The van der Waals surface area contributed by atoms with E-state index in [0.29, 0.717) is 5.75 Å². The van der Waals surface area contributed by atoms with E-state index < -0.39 is 5.91 Å². The molecule has 0 saturated heterocycles. The molecule has 27 heavy (non-hydrogen) atoms. The zero-order valence-electron chi connectivity index (χ0n) is 15.6. The normalized spacial score (nSPS) is 21.2. The summed E-state index contributed by atoms with van der Waals surface area (Å²) in [5, 5.41) is 0.771. The number of carbonyl (C=O) groups excluding carboxylic acids is 1. The van der Waals surface area contributed by atoms with Crippen LogP contribution in [0, 0.1) is 0 Å². The van der Waals surface area contributed by atoms with Crippen LogP contribution in [-0.4, -0.2) is 31.0 Å². The fourth-order valence-corrected chi connectivity index (χ4v) is 4.87. The van der Waals surface area contributed by atoms with Gasteiger partial charge in [-0.3, -0.25) is 9.69 Å². The molecule has 142 valence electrons. The Morgan fingerprint density at radius 2 is 2.00 bits per heavy atom. The fraction of sp³-hybridized carbons (Fsp3) is 0.409. The van der Waals surface area contributed by atoms with Crippen molar-refractivity contribution in [3.05, 3.63) is 64.2 Å². The zero-order chi connectivity index (χ0) is 19.0. The lowest BCUT2D eigenvalue weighted by atomic mass is 9.57. The third-order valence-corrected chi connectivity index (χ3v) is 6.41. The third kappa shape index (κ3) is 3.32. The fourth-order valence-electron chi connectivity index (χ4n) is 4.74. The monoisotopic (exact) mass is 384 g/mol. The van der Waals surface area contributed by atoms with Crippen LogP contribution in [0.5, 0.6) is 5.75 Å². The third-order valence-electron chi connectivity index (χ3n) is 6.16. The molecule has 2 aromatic carbocycles. The van der Waals surface area contributed by atoms with Crippen molar-refractivity contribution in [3.63, 3.8) is 0 Å². The van der Waals surface area contributed by atoms with Crippen molar-refractivity contribution in [2.24, 2.45) is 5.73 Å². The van der Waals surface area contributed by atoms with E-state index in [2.05, 4.69) is 36.2 Å². The molecule has 0 spiro atoms. The minimum atomic E-state index is -0.460. The molecular formula is C22H25ClN2O2. The summed E-state index contributed by atoms with van der Waals surface area (Å²) in [6.45, 7) is 0.941. The van der Waals surface area contributed by atoms with Gasteiger partial charge in [-0.2, -0.15) is 0 Å². The van der Waals surface area contributed by atoms with Crippen molar-refractivity contribution in [1.82, 2.24) is 4.90 Å². The highest BCUT2D eigenvalue weighted by atomic mass is 35.5. The topological polar surface area (TPSA) is 55.6 Å². The van der Waals surface area contributed by atoms with E-state index >= 15 is 0 Å². The maximum absolute atomic E-state index is 11.1. The second-order valence-corrected chi connectivity index (χ2v) is 8.20. The van der Waals surface area contributed by atoms with Gasteiger partial charge in [-0.05, 0) is 67.3 Å². The number of likely N-dealkylation sites (N-methyl/N-ethyl adjacent to an activating group) is 1. The Morgan fingerprint density at radius 3 is 2.63 bits per heavy atom. The highest BCUT2D eigenvalue weighted by Gasteiger charge is 2.49. The first-order valence-corrected chi connectivity index (χ1v) is 9.88. The number of rotatable bonds is 5. The van der Waals surface area contributed by atoms with Crippen molar-refractivity contribution in [1.29, 1.82) is 0 Å². The first-order chi connectivity index (χ1) is 13.0.